The minimum absolute atomic E-state index is 0.485. The lowest BCUT2D eigenvalue weighted by atomic mass is 10.0. The Labute approximate surface area is 162 Å². The number of benzene rings is 2. The molecular weight excluding hydrogens is 379 g/mol. The Morgan fingerprint density at radius 1 is 1.00 bits per heavy atom. The molecule has 0 aliphatic carbocycles. The summed E-state index contributed by atoms with van der Waals surface area (Å²) in [6.07, 6.45) is 2.02. The quantitative estimate of drug-likeness (QED) is 0.706. The van der Waals surface area contributed by atoms with Crippen LogP contribution in [0.4, 0.5) is 5.69 Å². The van der Waals surface area contributed by atoms with E-state index >= 15 is 0 Å². The molecular formula is C18H20Cl2N2O2S. The van der Waals surface area contributed by atoms with Gasteiger partial charge >= 0.3 is 0 Å². The summed E-state index contributed by atoms with van der Waals surface area (Å²) < 4.78 is 14.3. The molecule has 0 fully saturated rings. The zero-order valence-corrected chi connectivity index (χ0v) is 16.4. The van der Waals surface area contributed by atoms with Gasteiger partial charge in [0.05, 0.1) is 29.8 Å². The highest BCUT2D eigenvalue weighted by Crippen LogP contribution is 2.40. The van der Waals surface area contributed by atoms with Gasteiger partial charge in [0.15, 0.2) is 5.75 Å². The van der Waals surface area contributed by atoms with Crippen LogP contribution in [0.25, 0.3) is 0 Å². The summed E-state index contributed by atoms with van der Waals surface area (Å²) >= 11 is 13.7. The molecule has 0 unspecified atom stereocenters. The molecule has 2 aromatic rings. The topological polar surface area (TPSA) is 42.5 Å². The minimum atomic E-state index is 0.485. The third kappa shape index (κ3) is 4.29. The highest BCUT2D eigenvalue weighted by atomic mass is 35.5. The van der Waals surface area contributed by atoms with Crippen LogP contribution in [0, 0.1) is 0 Å². The second kappa shape index (κ2) is 8.41. The van der Waals surface area contributed by atoms with E-state index in [0.717, 1.165) is 42.3 Å². The van der Waals surface area contributed by atoms with Crippen molar-refractivity contribution in [3.63, 3.8) is 0 Å². The maximum atomic E-state index is 6.21. The van der Waals surface area contributed by atoms with Crippen molar-refractivity contribution in [2.75, 3.05) is 32.0 Å². The average Bonchev–Trinajstić information content (AvgIpc) is 2.83. The summed E-state index contributed by atoms with van der Waals surface area (Å²) in [5.74, 6) is 1.42. The van der Waals surface area contributed by atoms with Crippen molar-refractivity contribution < 1.29 is 9.47 Å². The Morgan fingerprint density at radius 2 is 1.72 bits per heavy atom. The zero-order chi connectivity index (χ0) is 17.8. The van der Waals surface area contributed by atoms with E-state index in [1.807, 2.05) is 6.07 Å². The number of hydrogen-bond acceptors (Lipinski definition) is 5. The molecule has 7 heteroatoms. The molecule has 1 aliphatic rings. The summed E-state index contributed by atoms with van der Waals surface area (Å²) in [6.45, 7) is 1.99. The average molecular weight is 399 g/mol. The minimum Gasteiger partial charge on any atom is -0.495 e. The van der Waals surface area contributed by atoms with Crippen LogP contribution in [0.3, 0.4) is 0 Å². The van der Waals surface area contributed by atoms with E-state index in [2.05, 4.69) is 22.2 Å². The molecule has 0 saturated heterocycles. The molecule has 1 aliphatic heterocycles. The lowest BCUT2D eigenvalue weighted by molar-refractivity contribution is 0.405. The third-order valence-electron chi connectivity index (χ3n) is 4.11. The Hall–Kier alpha value is -1.27. The number of methoxy groups -OCH3 is 2. The van der Waals surface area contributed by atoms with Crippen molar-refractivity contribution in [2.45, 2.75) is 17.7 Å². The van der Waals surface area contributed by atoms with E-state index in [0.29, 0.717) is 15.8 Å². The van der Waals surface area contributed by atoms with E-state index < -0.39 is 0 Å². The van der Waals surface area contributed by atoms with Crippen LogP contribution >= 0.6 is 35.1 Å². The van der Waals surface area contributed by atoms with Crippen LogP contribution in [0.15, 0.2) is 29.2 Å². The maximum absolute atomic E-state index is 6.21. The Kier molecular flexibility index (Phi) is 6.23. The Morgan fingerprint density at radius 3 is 2.40 bits per heavy atom. The molecule has 0 radical (unpaired) electrons. The maximum Gasteiger partial charge on any atom is 0.152 e. The van der Waals surface area contributed by atoms with Crippen LogP contribution in [0.5, 0.6) is 11.5 Å². The van der Waals surface area contributed by atoms with Crippen LogP contribution < -0.4 is 19.5 Å². The van der Waals surface area contributed by atoms with Crippen LogP contribution in [0.2, 0.25) is 10.0 Å². The molecule has 1 heterocycles. The molecule has 3 rings (SSSR count). The van der Waals surface area contributed by atoms with Crippen LogP contribution in [-0.4, -0.2) is 27.3 Å². The van der Waals surface area contributed by atoms with Crippen molar-refractivity contribution in [3.8, 4) is 11.5 Å². The fourth-order valence-corrected chi connectivity index (χ4v) is 4.42. The monoisotopic (exact) mass is 398 g/mol. The molecule has 0 bridgehead atoms. The van der Waals surface area contributed by atoms with Crippen molar-refractivity contribution in [1.29, 1.82) is 0 Å². The molecule has 0 amide bonds. The third-order valence-corrected chi connectivity index (χ3v) is 5.46. The lowest BCUT2D eigenvalue weighted by Gasteiger charge is -2.16. The first kappa shape index (κ1) is 18.5. The van der Waals surface area contributed by atoms with Crippen LogP contribution in [0.1, 0.15) is 11.1 Å². The van der Waals surface area contributed by atoms with Gasteiger partial charge in [0, 0.05) is 5.02 Å². The smallest absolute Gasteiger partial charge is 0.152 e. The molecule has 134 valence electrons. The SMILES string of the molecule is COc1cc2c(cc1NSc1cc(Cl)cc(Cl)c1OC)CCNCC2. The number of ether oxygens (including phenoxy) is 2. The van der Waals surface area contributed by atoms with Gasteiger partial charge in [-0.25, -0.2) is 0 Å². The van der Waals surface area contributed by atoms with E-state index in [9.17, 15) is 0 Å². The molecule has 4 nitrogen and oxygen atoms in total. The first-order valence-corrected chi connectivity index (χ1v) is 9.56. The highest BCUT2D eigenvalue weighted by Gasteiger charge is 2.15. The summed E-state index contributed by atoms with van der Waals surface area (Å²) in [4.78, 5) is 0.818. The van der Waals surface area contributed by atoms with Gasteiger partial charge in [0.1, 0.15) is 5.75 Å². The van der Waals surface area contributed by atoms with Gasteiger partial charge in [-0.15, -0.1) is 0 Å². The fraction of sp³-hybridized carbons (Fsp3) is 0.333. The number of rotatable bonds is 5. The van der Waals surface area contributed by atoms with E-state index in [4.69, 9.17) is 32.7 Å². The normalized spacial score (nSPS) is 13.8. The summed E-state index contributed by atoms with van der Waals surface area (Å²) in [7, 11) is 3.28. The predicted octanol–water partition coefficient (Wildman–Crippen LogP) is 4.82. The predicted molar refractivity (Wildman–Crippen MR) is 106 cm³/mol. The van der Waals surface area contributed by atoms with E-state index in [-0.39, 0.29) is 0 Å². The summed E-state index contributed by atoms with van der Waals surface area (Å²) in [6, 6.07) is 7.77. The Balaban J connectivity index is 1.87. The number of hydrogen-bond donors (Lipinski definition) is 2. The molecule has 0 spiro atoms. The molecule has 0 atom stereocenters. The van der Waals surface area contributed by atoms with Crippen molar-refractivity contribution in [2.24, 2.45) is 0 Å². The number of anilines is 1. The van der Waals surface area contributed by atoms with Gasteiger partial charge in [-0.1, -0.05) is 23.2 Å². The zero-order valence-electron chi connectivity index (χ0n) is 14.1. The van der Waals surface area contributed by atoms with Gasteiger partial charge in [-0.3, -0.25) is 0 Å². The van der Waals surface area contributed by atoms with Gasteiger partial charge in [-0.05, 0) is 73.3 Å². The second-order valence-electron chi connectivity index (χ2n) is 5.69. The van der Waals surface area contributed by atoms with Gasteiger partial charge in [0.25, 0.3) is 0 Å². The Bertz CT molecular complexity index is 771. The second-order valence-corrected chi connectivity index (χ2v) is 7.39. The molecule has 0 aromatic heterocycles. The summed E-state index contributed by atoms with van der Waals surface area (Å²) in [5.41, 5.74) is 3.59. The number of halogens is 2. The number of nitrogens with one attached hydrogen (secondary N) is 2. The molecule has 2 N–H and O–H groups in total. The first-order chi connectivity index (χ1) is 12.1. The van der Waals surface area contributed by atoms with Crippen molar-refractivity contribution >= 4 is 40.8 Å². The van der Waals surface area contributed by atoms with E-state index in [1.54, 1.807) is 20.3 Å². The van der Waals surface area contributed by atoms with Crippen LogP contribution in [-0.2, 0) is 12.8 Å². The fourth-order valence-electron chi connectivity index (χ4n) is 2.87. The van der Waals surface area contributed by atoms with Gasteiger partial charge in [0.2, 0.25) is 0 Å². The highest BCUT2D eigenvalue weighted by molar-refractivity contribution is 8.00. The summed E-state index contributed by atoms with van der Waals surface area (Å²) in [5, 5.41) is 4.47. The molecule has 25 heavy (non-hydrogen) atoms. The molecule has 2 aromatic carbocycles. The standard InChI is InChI=1S/C18H20Cl2N2O2S/c1-23-16-8-12-4-6-21-5-3-11(12)7-15(16)22-25-17-10-13(19)9-14(20)18(17)24-2/h7-10,21-22H,3-6H2,1-2H3. The lowest BCUT2D eigenvalue weighted by Crippen LogP contribution is -2.16. The molecule has 0 saturated carbocycles. The number of fused-ring (bicyclic) bond motifs is 1. The first-order valence-electron chi connectivity index (χ1n) is 7.98. The van der Waals surface area contributed by atoms with Crippen molar-refractivity contribution in [1.82, 2.24) is 5.32 Å². The van der Waals surface area contributed by atoms with Gasteiger partial charge < -0.3 is 19.5 Å². The van der Waals surface area contributed by atoms with Gasteiger partial charge in [-0.2, -0.15) is 0 Å². The largest absolute Gasteiger partial charge is 0.495 e. The van der Waals surface area contributed by atoms with Crippen molar-refractivity contribution in [3.05, 3.63) is 45.4 Å². The van der Waals surface area contributed by atoms with E-state index in [1.165, 1.54) is 23.1 Å².